The third-order valence-electron chi connectivity index (χ3n) is 2.59. The molecule has 0 heterocycles. The number of rotatable bonds is 5. The molecule has 0 spiro atoms. The quantitative estimate of drug-likeness (QED) is 0.878. The molecule has 1 aromatic rings. The zero-order chi connectivity index (χ0) is 12.9. The van der Waals surface area contributed by atoms with Gasteiger partial charge in [-0.25, -0.2) is 0 Å². The van der Waals surface area contributed by atoms with Gasteiger partial charge in [-0.15, -0.1) is 0 Å². The van der Waals surface area contributed by atoms with Crippen molar-refractivity contribution in [2.75, 3.05) is 18.5 Å². The topological polar surface area (TPSA) is 56.0 Å². The minimum absolute atomic E-state index is 0.0316. The highest BCUT2D eigenvalue weighted by Crippen LogP contribution is 2.23. The van der Waals surface area contributed by atoms with Gasteiger partial charge in [0.25, 0.3) is 0 Å². The molecule has 0 fully saturated rings. The van der Waals surface area contributed by atoms with Gasteiger partial charge >= 0.3 is 0 Å². The van der Waals surface area contributed by atoms with Gasteiger partial charge in [0.05, 0.1) is 11.6 Å². The molecule has 2 N–H and O–H groups in total. The smallest absolute Gasteiger partial charge is 0.0992 e. The van der Waals surface area contributed by atoms with Crippen molar-refractivity contribution in [3.63, 3.8) is 0 Å². The van der Waals surface area contributed by atoms with Crippen LogP contribution in [0.5, 0.6) is 0 Å². The number of aliphatic hydroxyl groups excluding tert-OH is 1. The first-order chi connectivity index (χ1) is 7.96. The van der Waals surface area contributed by atoms with Gasteiger partial charge in [-0.2, -0.15) is 5.26 Å². The van der Waals surface area contributed by atoms with Gasteiger partial charge in [0.1, 0.15) is 0 Å². The molecule has 3 nitrogen and oxygen atoms in total. The van der Waals surface area contributed by atoms with Crippen LogP contribution >= 0.6 is 15.9 Å². The minimum Gasteiger partial charge on any atom is -0.396 e. The van der Waals surface area contributed by atoms with Crippen molar-refractivity contribution in [1.82, 2.24) is 0 Å². The van der Waals surface area contributed by atoms with Crippen molar-refractivity contribution in [3.05, 3.63) is 28.2 Å². The van der Waals surface area contributed by atoms with Crippen LogP contribution in [0.1, 0.15) is 25.8 Å². The molecule has 0 aliphatic carbocycles. The van der Waals surface area contributed by atoms with Gasteiger partial charge in [0.2, 0.25) is 0 Å². The highest BCUT2D eigenvalue weighted by Gasteiger charge is 2.16. The summed E-state index contributed by atoms with van der Waals surface area (Å²) in [5, 5.41) is 21.1. The van der Waals surface area contributed by atoms with Gasteiger partial charge in [-0.1, -0.05) is 29.8 Å². The van der Waals surface area contributed by atoms with Gasteiger partial charge in [-0.05, 0) is 30.0 Å². The average Bonchev–Trinajstić information content (AvgIpc) is 2.26. The molecule has 17 heavy (non-hydrogen) atoms. The van der Waals surface area contributed by atoms with Crippen LogP contribution in [0.3, 0.4) is 0 Å². The monoisotopic (exact) mass is 296 g/mol. The molecule has 0 amide bonds. The van der Waals surface area contributed by atoms with E-state index in [0.29, 0.717) is 5.56 Å². The van der Waals surface area contributed by atoms with E-state index in [1.54, 1.807) is 6.07 Å². The number of benzene rings is 1. The van der Waals surface area contributed by atoms with Crippen LogP contribution in [0.2, 0.25) is 0 Å². The molecule has 4 heteroatoms. The minimum atomic E-state index is 0.0316. The molecule has 0 unspecified atom stereocenters. The van der Waals surface area contributed by atoms with E-state index >= 15 is 0 Å². The lowest BCUT2D eigenvalue weighted by atomic mass is 9.89. The number of halogens is 1. The summed E-state index contributed by atoms with van der Waals surface area (Å²) in [5.41, 5.74) is 1.58. The summed E-state index contributed by atoms with van der Waals surface area (Å²) >= 11 is 3.37. The van der Waals surface area contributed by atoms with E-state index in [2.05, 4.69) is 41.2 Å². The highest BCUT2D eigenvalue weighted by atomic mass is 79.9. The fourth-order valence-electron chi connectivity index (χ4n) is 1.49. The van der Waals surface area contributed by atoms with E-state index < -0.39 is 0 Å². The Morgan fingerprint density at radius 3 is 2.71 bits per heavy atom. The Hall–Kier alpha value is -1.05. The van der Waals surface area contributed by atoms with Gasteiger partial charge in [0, 0.05) is 23.3 Å². The van der Waals surface area contributed by atoms with Gasteiger partial charge in [0.15, 0.2) is 0 Å². The molecule has 1 aromatic carbocycles. The Morgan fingerprint density at radius 2 is 2.12 bits per heavy atom. The van der Waals surface area contributed by atoms with Crippen LogP contribution < -0.4 is 5.32 Å². The second-order valence-corrected chi connectivity index (χ2v) is 5.75. The summed E-state index contributed by atoms with van der Waals surface area (Å²) in [7, 11) is 0. The van der Waals surface area contributed by atoms with E-state index in [9.17, 15) is 0 Å². The molecule has 0 saturated carbocycles. The first kappa shape index (κ1) is 14.0. The van der Waals surface area contributed by atoms with Crippen LogP contribution in [-0.2, 0) is 0 Å². The number of nitrogens with one attached hydrogen (secondary N) is 1. The third kappa shape index (κ3) is 4.76. The lowest BCUT2D eigenvalue weighted by molar-refractivity contribution is 0.220. The van der Waals surface area contributed by atoms with Gasteiger partial charge in [-0.3, -0.25) is 0 Å². The zero-order valence-electron chi connectivity index (χ0n) is 10.1. The summed E-state index contributed by atoms with van der Waals surface area (Å²) in [5.74, 6) is 0. The Morgan fingerprint density at radius 1 is 1.41 bits per heavy atom. The SMILES string of the molecule is CC(C)(CCO)CNc1cc(Br)cc(C#N)c1. The Balaban J connectivity index is 2.70. The number of aliphatic hydroxyl groups is 1. The fourth-order valence-corrected chi connectivity index (χ4v) is 1.98. The number of nitrogens with zero attached hydrogens (tertiary/aromatic N) is 1. The van der Waals surface area contributed by atoms with Crippen molar-refractivity contribution in [2.24, 2.45) is 5.41 Å². The Labute approximate surface area is 111 Å². The van der Waals surface area contributed by atoms with Crippen molar-refractivity contribution in [3.8, 4) is 6.07 Å². The van der Waals surface area contributed by atoms with Crippen LogP contribution in [0, 0.1) is 16.7 Å². The first-order valence-electron chi connectivity index (χ1n) is 5.52. The summed E-state index contributed by atoms with van der Waals surface area (Å²) in [6.07, 6.45) is 0.749. The number of hydrogen-bond donors (Lipinski definition) is 2. The number of anilines is 1. The molecule has 0 aromatic heterocycles. The lowest BCUT2D eigenvalue weighted by Gasteiger charge is -2.24. The van der Waals surface area contributed by atoms with E-state index in [-0.39, 0.29) is 12.0 Å². The van der Waals surface area contributed by atoms with Crippen molar-refractivity contribution < 1.29 is 5.11 Å². The van der Waals surface area contributed by atoms with Crippen LogP contribution in [0.15, 0.2) is 22.7 Å². The molecule has 0 aliphatic rings. The van der Waals surface area contributed by atoms with E-state index in [1.807, 2.05) is 12.1 Å². The number of nitriles is 1. The van der Waals surface area contributed by atoms with E-state index in [0.717, 1.165) is 23.1 Å². The molecule has 1 rings (SSSR count). The highest BCUT2D eigenvalue weighted by molar-refractivity contribution is 9.10. The summed E-state index contributed by atoms with van der Waals surface area (Å²) in [6.45, 7) is 5.14. The number of hydrogen-bond acceptors (Lipinski definition) is 3. The molecule has 0 saturated heterocycles. The third-order valence-corrected chi connectivity index (χ3v) is 3.04. The largest absolute Gasteiger partial charge is 0.396 e. The summed E-state index contributed by atoms with van der Waals surface area (Å²) in [4.78, 5) is 0. The predicted molar refractivity (Wildman–Crippen MR) is 72.8 cm³/mol. The second-order valence-electron chi connectivity index (χ2n) is 4.83. The van der Waals surface area contributed by atoms with Crippen LogP contribution in [0.25, 0.3) is 0 Å². The molecular formula is C13H17BrN2O. The fraction of sp³-hybridized carbons (Fsp3) is 0.462. The maximum atomic E-state index is 8.95. The van der Waals surface area contributed by atoms with E-state index in [1.165, 1.54) is 0 Å². The van der Waals surface area contributed by atoms with Gasteiger partial charge < -0.3 is 10.4 Å². The Kier molecular flexibility index (Phi) is 4.98. The molecule has 0 aliphatic heterocycles. The molecular weight excluding hydrogens is 280 g/mol. The first-order valence-corrected chi connectivity index (χ1v) is 6.31. The lowest BCUT2D eigenvalue weighted by Crippen LogP contribution is -2.24. The van der Waals surface area contributed by atoms with Crippen molar-refractivity contribution in [2.45, 2.75) is 20.3 Å². The summed E-state index contributed by atoms with van der Waals surface area (Å²) in [6, 6.07) is 7.66. The zero-order valence-corrected chi connectivity index (χ0v) is 11.7. The van der Waals surface area contributed by atoms with E-state index in [4.69, 9.17) is 10.4 Å². The molecule has 0 radical (unpaired) electrons. The van der Waals surface area contributed by atoms with Crippen LogP contribution in [0.4, 0.5) is 5.69 Å². The summed E-state index contributed by atoms with van der Waals surface area (Å²) < 4.78 is 0.888. The average molecular weight is 297 g/mol. The second kappa shape index (κ2) is 6.04. The molecule has 92 valence electrons. The maximum absolute atomic E-state index is 8.95. The normalized spacial score (nSPS) is 11.0. The van der Waals surface area contributed by atoms with Crippen LogP contribution in [-0.4, -0.2) is 18.3 Å². The predicted octanol–water partition coefficient (Wildman–Crippen LogP) is 3.14. The standard InChI is InChI=1S/C13H17BrN2O/c1-13(2,3-4-17)9-16-12-6-10(8-15)5-11(14)7-12/h5-7,16-17H,3-4,9H2,1-2H3. The van der Waals surface area contributed by atoms with Crippen molar-refractivity contribution in [1.29, 1.82) is 5.26 Å². The molecule has 0 bridgehead atoms. The Bertz CT molecular complexity index is 424. The van der Waals surface area contributed by atoms with Crippen molar-refractivity contribution >= 4 is 21.6 Å². The maximum Gasteiger partial charge on any atom is 0.0992 e. The molecule has 0 atom stereocenters.